The number of halogens is 2. The highest BCUT2D eigenvalue weighted by Crippen LogP contribution is 2.36. The predicted octanol–water partition coefficient (Wildman–Crippen LogP) is 3.74. The van der Waals surface area contributed by atoms with Crippen LogP contribution in [-0.4, -0.2) is 21.0 Å². The number of carboxylic acids is 1. The van der Waals surface area contributed by atoms with Crippen molar-refractivity contribution in [3.05, 3.63) is 56.4 Å². The summed E-state index contributed by atoms with van der Waals surface area (Å²) >= 11 is 3.76. The molecule has 0 fully saturated rings. The van der Waals surface area contributed by atoms with Gasteiger partial charge in [-0.15, -0.1) is 0 Å². The lowest BCUT2D eigenvalue weighted by Crippen LogP contribution is -1.98. The van der Waals surface area contributed by atoms with Crippen molar-refractivity contribution in [2.45, 2.75) is 9.92 Å². The van der Waals surface area contributed by atoms with Crippen LogP contribution in [-0.2, 0) is 0 Å². The Morgan fingerprint density at radius 3 is 2.76 bits per heavy atom. The first-order valence-electron chi connectivity index (χ1n) is 5.39. The van der Waals surface area contributed by atoms with Crippen LogP contribution in [0.3, 0.4) is 0 Å². The molecule has 0 aliphatic heterocycles. The number of aromatic carboxylic acids is 1. The standard InChI is InChI=1S/C12H6BrFN2O4S/c13-7-4-9(16(19)20)11(15-5-7)21-10-3-6(12(17)18)1-2-8(10)14/h1-5H,(H,17,18). The number of nitro groups is 1. The maximum atomic E-state index is 13.7. The summed E-state index contributed by atoms with van der Waals surface area (Å²) in [4.78, 5) is 25.0. The highest BCUT2D eigenvalue weighted by atomic mass is 79.9. The Kier molecular flexibility index (Phi) is 4.53. The molecule has 0 spiro atoms. The van der Waals surface area contributed by atoms with E-state index in [1.165, 1.54) is 12.3 Å². The smallest absolute Gasteiger partial charge is 0.335 e. The number of hydrogen-bond acceptors (Lipinski definition) is 5. The van der Waals surface area contributed by atoms with Crippen LogP contribution in [0.15, 0.2) is 44.9 Å². The van der Waals surface area contributed by atoms with Gasteiger partial charge in [0, 0.05) is 16.7 Å². The monoisotopic (exact) mass is 372 g/mol. The molecule has 0 saturated carbocycles. The van der Waals surface area contributed by atoms with Crippen molar-refractivity contribution in [2.75, 3.05) is 0 Å². The van der Waals surface area contributed by atoms with Gasteiger partial charge < -0.3 is 5.11 Å². The summed E-state index contributed by atoms with van der Waals surface area (Å²) in [7, 11) is 0. The summed E-state index contributed by atoms with van der Waals surface area (Å²) in [5.41, 5.74) is -0.409. The van der Waals surface area contributed by atoms with Crippen LogP contribution in [0.25, 0.3) is 0 Å². The molecule has 21 heavy (non-hydrogen) atoms. The molecule has 0 saturated heterocycles. The minimum atomic E-state index is -1.21. The molecule has 2 aromatic rings. The molecule has 0 bridgehead atoms. The first-order chi connectivity index (χ1) is 9.88. The molecule has 108 valence electrons. The molecule has 0 aliphatic rings. The van der Waals surface area contributed by atoms with Crippen LogP contribution in [0.4, 0.5) is 10.1 Å². The minimum Gasteiger partial charge on any atom is -0.478 e. The largest absolute Gasteiger partial charge is 0.478 e. The third-order valence-electron chi connectivity index (χ3n) is 2.38. The van der Waals surface area contributed by atoms with E-state index in [1.54, 1.807) is 0 Å². The van der Waals surface area contributed by atoms with Crippen molar-refractivity contribution in [3.63, 3.8) is 0 Å². The summed E-state index contributed by atoms with van der Waals surface area (Å²) in [5.74, 6) is -1.89. The number of carbonyl (C=O) groups is 1. The molecule has 1 heterocycles. The van der Waals surface area contributed by atoms with Crippen LogP contribution < -0.4 is 0 Å². The molecule has 1 aromatic carbocycles. The highest BCUT2D eigenvalue weighted by Gasteiger charge is 2.19. The van der Waals surface area contributed by atoms with Crippen molar-refractivity contribution < 1.29 is 19.2 Å². The first-order valence-corrected chi connectivity index (χ1v) is 7.00. The Bertz CT molecular complexity index is 741. The van der Waals surface area contributed by atoms with Crippen LogP contribution in [0.1, 0.15) is 10.4 Å². The first kappa shape index (κ1) is 15.4. The molecule has 0 unspecified atom stereocenters. The topological polar surface area (TPSA) is 93.3 Å². The summed E-state index contributed by atoms with van der Waals surface area (Å²) < 4.78 is 14.1. The van der Waals surface area contributed by atoms with Crippen LogP contribution in [0, 0.1) is 15.9 Å². The summed E-state index contributed by atoms with van der Waals surface area (Å²) in [5, 5.41) is 19.8. The Hall–Kier alpha value is -2.00. The van der Waals surface area contributed by atoms with Crippen LogP contribution in [0.2, 0.25) is 0 Å². The van der Waals surface area contributed by atoms with E-state index < -0.39 is 16.7 Å². The SMILES string of the molecule is O=C(O)c1ccc(F)c(Sc2ncc(Br)cc2[N+](=O)[O-])c1. The molecule has 0 amide bonds. The van der Waals surface area contributed by atoms with E-state index in [2.05, 4.69) is 20.9 Å². The molecule has 0 atom stereocenters. The van der Waals surface area contributed by atoms with Gasteiger partial charge in [0.15, 0.2) is 5.03 Å². The van der Waals surface area contributed by atoms with Gasteiger partial charge in [-0.3, -0.25) is 10.1 Å². The van der Waals surface area contributed by atoms with E-state index in [0.29, 0.717) is 16.2 Å². The van der Waals surface area contributed by atoms with Gasteiger partial charge in [0.2, 0.25) is 0 Å². The second kappa shape index (κ2) is 6.19. The number of rotatable bonds is 4. The van der Waals surface area contributed by atoms with Crippen molar-refractivity contribution in [3.8, 4) is 0 Å². The zero-order chi connectivity index (χ0) is 15.6. The average Bonchev–Trinajstić information content (AvgIpc) is 2.42. The van der Waals surface area contributed by atoms with E-state index in [4.69, 9.17) is 5.11 Å². The minimum absolute atomic E-state index is 0.0235. The Labute approximate surface area is 130 Å². The van der Waals surface area contributed by atoms with Gasteiger partial charge in [0.25, 0.3) is 0 Å². The van der Waals surface area contributed by atoms with Crippen LogP contribution in [0.5, 0.6) is 0 Å². The molecule has 9 heteroatoms. The quantitative estimate of drug-likeness (QED) is 0.648. The number of carboxylic acid groups (broad SMARTS) is 1. The number of pyridine rings is 1. The molecular formula is C12H6BrFN2O4S. The number of aromatic nitrogens is 1. The fraction of sp³-hybridized carbons (Fsp3) is 0. The normalized spacial score (nSPS) is 10.4. The second-order valence-electron chi connectivity index (χ2n) is 3.79. The van der Waals surface area contributed by atoms with Gasteiger partial charge in [0.05, 0.1) is 15.4 Å². The molecule has 0 radical (unpaired) electrons. The fourth-order valence-electron chi connectivity index (χ4n) is 1.44. The molecule has 1 aromatic heterocycles. The van der Waals surface area contributed by atoms with Crippen molar-refractivity contribution in [1.82, 2.24) is 4.98 Å². The molecule has 2 rings (SSSR count). The van der Waals surface area contributed by atoms with Gasteiger partial charge in [-0.25, -0.2) is 14.2 Å². The lowest BCUT2D eigenvalue weighted by atomic mass is 10.2. The summed E-state index contributed by atoms with van der Waals surface area (Å²) in [6.45, 7) is 0. The lowest BCUT2D eigenvalue weighted by Gasteiger charge is -2.05. The second-order valence-corrected chi connectivity index (χ2v) is 5.73. The fourth-order valence-corrected chi connectivity index (χ4v) is 2.67. The molecule has 6 nitrogen and oxygen atoms in total. The zero-order valence-electron chi connectivity index (χ0n) is 10.1. The number of benzene rings is 1. The molecule has 0 aliphatic carbocycles. The Morgan fingerprint density at radius 1 is 1.43 bits per heavy atom. The Balaban J connectivity index is 2.45. The van der Waals surface area contributed by atoms with Gasteiger partial charge in [-0.05, 0) is 34.1 Å². The Morgan fingerprint density at radius 2 is 2.14 bits per heavy atom. The number of hydrogen-bond donors (Lipinski definition) is 1. The molecular weight excluding hydrogens is 367 g/mol. The highest BCUT2D eigenvalue weighted by molar-refractivity contribution is 9.10. The van der Waals surface area contributed by atoms with Crippen molar-refractivity contribution >= 4 is 39.3 Å². The van der Waals surface area contributed by atoms with Crippen LogP contribution >= 0.6 is 27.7 Å². The summed E-state index contributed by atoms with van der Waals surface area (Å²) in [6, 6.07) is 4.46. The van der Waals surface area contributed by atoms with Gasteiger partial charge in [-0.1, -0.05) is 11.8 Å². The van der Waals surface area contributed by atoms with Gasteiger partial charge in [0.1, 0.15) is 5.82 Å². The van der Waals surface area contributed by atoms with E-state index in [1.807, 2.05) is 0 Å². The maximum absolute atomic E-state index is 13.7. The third-order valence-corrected chi connectivity index (χ3v) is 3.85. The van der Waals surface area contributed by atoms with Gasteiger partial charge >= 0.3 is 11.7 Å². The summed E-state index contributed by atoms with van der Waals surface area (Å²) in [6.07, 6.45) is 1.34. The lowest BCUT2D eigenvalue weighted by molar-refractivity contribution is -0.388. The molecule has 1 N–H and O–H groups in total. The number of nitrogens with zero attached hydrogens (tertiary/aromatic N) is 2. The average molecular weight is 373 g/mol. The van der Waals surface area contributed by atoms with Crippen molar-refractivity contribution in [1.29, 1.82) is 0 Å². The maximum Gasteiger partial charge on any atom is 0.335 e. The van der Waals surface area contributed by atoms with Crippen molar-refractivity contribution in [2.24, 2.45) is 0 Å². The predicted molar refractivity (Wildman–Crippen MR) is 76.1 cm³/mol. The van der Waals surface area contributed by atoms with Gasteiger partial charge in [-0.2, -0.15) is 0 Å². The zero-order valence-corrected chi connectivity index (χ0v) is 12.5. The van der Waals surface area contributed by atoms with E-state index >= 15 is 0 Å². The van der Waals surface area contributed by atoms with E-state index in [9.17, 15) is 19.3 Å². The van der Waals surface area contributed by atoms with E-state index in [0.717, 1.165) is 18.2 Å². The third kappa shape index (κ3) is 3.56. The van der Waals surface area contributed by atoms with E-state index in [-0.39, 0.29) is 21.2 Å².